The number of rotatable bonds is 7. The fourth-order valence-corrected chi connectivity index (χ4v) is 4.11. The monoisotopic (exact) mass is 462 g/mol. The molecule has 32 heavy (non-hydrogen) atoms. The minimum absolute atomic E-state index is 0.0132. The third-order valence-electron chi connectivity index (χ3n) is 5.09. The molecule has 0 spiro atoms. The Bertz CT molecular complexity index is 1410. The number of nitrogens with one attached hydrogen (secondary N) is 1. The average molecular weight is 463 g/mol. The second kappa shape index (κ2) is 8.04. The van der Waals surface area contributed by atoms with Gasteiger partial charge in [0.1, 0.15) is 24.2 Å². The summed E-state index contributed by atoms with van der Waals surface area (Å²) in [5.41, 5.74) is 8.33. The van der Waals surface area contributed by atoms with Crippen LogP contribution in [0.4, 0.5) is 4.39 Å². The number of hydrogen-bond donors (Lipinski definition) is 2. The molecule has 1 aromatic carbocycles. The molecule has 0 fully saturated rings. The zero-order valence-electron chi connectivity index (χ0n) is 18.0. The van der Waals surface area contributed by atoms with Crippen LogP contribution in [0.2, 0.25) is 0 Å². The molecule has 1 atom stereocenters. The van der Waals surface area contributed by atoms with Crippen molar-refractivity contribution in [3.63, 3.8) is 0 Å². The van der Waals surface area contributed by atoms with E-state index in [4.69, 9.17) is 15.2 Å². The van der Waals surface area contributed by atoms with Gasteiger partial charge in [0.05, 0.1) is 6.20 Å². The largest absolute Gasteiger partial charge is 0.489 e. The molecule has 4 aromatic rings. The van der Waals surface area contributed by atoms with E-state index in [1.807, 2.05) is 6.92 Å². The van der Waals surface area contributed by atoms with Crippen LogP contribution in [0, 0.1) is 19.7 Å². The molecule has 0 aliphatic carbocycles. The number of aromatic amines is 1. The van der Waals surface area contributed by atoms with E-state index in [1.165, 1.54) is 31.0 Å². The van der Waals surface area contributed by atoms with E-state index in [9.17, 15) is 12.8 Å². The standard InChI is InChI=1S/C20H23FN6O4S/c1-11-7-13-14(25-11)5-6-15(18(13)21)31-20-19-12(2)16(8-27(19)24-10-23-20)30-9-17(22)32(28,29)26(3)4/h5-8,10,17,25H,9,22H2,1-4H3. The van der Waals surface area contributed by atoms with Crippen LogP contribution in [-0.4, -0.2) is 58.4 Å². The Morgan fingerprint density at radius 2 is 2.03 bits per heavy atom. The Labute approximate surface area is 183 Å². The zero-order chi connectivity index (χ0) is 23.2. The number of halogens is 1. The number of benzene rings is 1. The Hall–Kier alpha value is -3.22. The molecule has 12 heteroatoms. The van der Waals surface area contributed by atoms with Gasteiger partial charge in [-0.1, -0.05) is 0 Å². The number of fused-ring (bicyclic) bond motifs is 2. The van der Waals surface area contributed by atoms with Crippen molar-refractivity contribution >= 4 is 26.4 Å². The van der Waals surface area contributed by atoms with Crippen LogP contribution in [0.15, 0.2) is 30.7 Å². The molecule has 0 saturated heterocycles. The molecule has 3 heterocycles. The van der Waals surface area contributed by atoms with E-state index in [0.29, 0.717) is 27.7 Å². The minimum Gasteiger partial charge on any atom is -0.489 e. The molecule has 0 saturated carbocycles. The van der Waals surface area contributed by atoms with Crippen molar-refractivity contribution in [1.29, 1.82) is 0 Å². The van der Waals surface area contributed by atoms with Gasteiger partial charge in [0.15, 0.2) is 16.9 Å². The fraction of sp³-hybridized carbons (Fsp3) is 0.300. The zero-order valence-corrected chi connectivity index (χ0v) is 18.8. The van der Waals surface area contributed by atoms with E-state index in [-0.39, 0.29) is 18.2 Å². The molecule has 1 unspecified atom stereocenters. The highest BCUT2D eigenvalue weighted by atomic mass is 32.2. The molecule has 0 amide bonds. The highest BCUT2D eigenvalue weighted by Crippen LogP contribution is 2.34. The third kappa shape index (κ3) is 3.76. The first-order valence-corrected chi connectivity index (χ1v) is 11.2. The molecular formula is C20H23FN6O4S. The second-order valence-corrected chi connectivity index (χ2v) is 9.91. The van der Waals surface area contributed by atoms with Crippen LogP contribution in [-0.2, 0) is 10.0 Å². The van der Waals surface area contributed by atoms with Gasteiger partial charge in [-0.05, 0) is 32.0 Å². The summed E-state index contributed by atoms with van der Waals surface area (Å²) in [6.45, 7) is 3.32. The number of ether oxygens (including phenoxy) is 2. The van der Waals surface area contributed by atoms with Crippen molar-refractivity contribution in [3.05, 3.63) is 47.8 Å². The van der Waals surface area contributed by atoms with E-state index < -0.39 is 21.2 Å². The van der Waals surface area contributed by atoms with E-state index in [0.717, 1.165) is 10.00 Å². The van der Waals surface area contributed by atoms with Gasteiger partial charge in [0.25, 0.3) is 0 Å². The molecule has 3 N–H and O–H groups in total. The van der Waals surface area contributed by atoms with Gasteiger partial charge in [-0.15, -0.1) is 0 Å². The highest BCUT2D eigenvalue weighted by molar-refractivity contribution is 7.89. The fourth-order valence-electron chi connectivity index (χ4n) is 3.33. The maximum absolute atomic E-state index is 15.0. The summed E-state index contributed by atoms with van der Waals surface area (Å²) in [7, 11) is -0.877. The summed E-state index contributed by atoms with van der Waals surface area (Å²) in [5, 5.41) is 3.30. The first kappa shape index (κ1) is 22.0. The summed E-state index contributed by atoms with van der Waals surface area (Å²) < 4.78 is 53.2. The van der Waals surface area contributed by atoms with Crippen LogP contribution in [0.1, 0.15) is 11.3 Å². The van der Waals surface area contributed by atoms with Crippen LogP contribution in [0.5, 0.6) is 17.4 Å². The van der Waals surface area contributed by atoms with Gasteiger partial charge >= 0.3 is 0 Å². The van der Waals surface area contributed by atoms with Crippen LogP contribution >= 0.6 is 0 Å². The first-order chi connectivity index (χ1) is 15.1. The number of aromatic nitrogens is 4. The second-order valence-electron chi connectivity index (χ2n) is 7.55. The van der Waals surface area contributed by atoms with E-state index in [2.05, 4.69) is 15.1 Å². The first-order valence-electron chi connectivity index (χ1n) is 9.68. The highest BCUT2D eigenvalue weighted by Gasteiger charge is 2.25. The topological polar surface area (TPSA) is 128 Å². The van der Waals surface area contributed by atoms with Gasteiger partial charge in [0.2, 0.25) is 15.9 Å². The average Bonchev–Trinajstić information content (AvgIpc) is 3.28. The van der Waals surface area contributed by atoms with Crippen LogP contribution in [0.25, 0.3) is 16.4 Å². The van der Waals surface area contributed by atoms with Crippen molar-refractivity contribution in [1.82, 2.24) is 23.9 Å². The third-order valence-corrected chi connectivity index (χ3v) is 7.00. The molecule has 0 bridgehead atoms. The minimum atomic E-state index is -3.68. The van der Waals surface area contributed by atoms with Crippen molar-refractivity contribution in [2.45, 2.75) is 19.2 Å². The summed E-state index contributed by atoms with van der Waals surface area (Å²) in [5.74, 6) is -0.0107. The summed E-state index contributed by atoms with van der Waals surface area (Å²) in [6.07, 6.45) is 2.83. The number of hydrogen-bond acceptors (Lipinski definition) is 7. The lowest BCUT2D eigenvalue weighted by atomic mass is 10.2. The van der Waals surface area contributed by atoms with Gasteiger partial charge in [0, 0.05) is 36.3 Å². The van der Waals surface area contributed by atoms with Crippen molar-refractivity contribution < 1.29 is 22.3 Å². The number of nitrogens with zero attached hydrogens (tertiary/aromatic N) is 4. The normalized spacial score (nSPS) is 13.2. The number of H-pyrrole nitrogens is 1. The van der Waals surface area contributed by atoms with Crippen molar-refractivity contribution in [3.8, 4) is 17.4 Å². The Kier molecular flexibility index (Phi) is 5.53. The molecule has 0 aliphatic heterocycles. The lowest BCUT2D eigenvalue weighted by Crippen LogP contribution is -2.43. The number of sulfonamides is 1. The number of aryl methyl sites for hydroxylation is 2. The Morgan fingerprint density at radius 3 is 2.75 bits per heavy atom. The van der Waals surface area contributed by atoms with E-state index >= 15 is 0 Å². The van der Waals surface area contributed by atoms with Crippen LogP contribution in [0.3, 0.4) is 0 Å². The molecule has 0 aliphatic rings. The quantitative estimate of drug-likeness (QED) is 0.431. The SMILES string of the molecule is Cc1cc2c(F)c(Oc3ncnn4cc(OCC(N)S(=O)(=O)N(C)C)c(C)c34)ccc2[nH]1. The maximum atomic E-state index is 15.0. The van der Waals surface area contributed by atoms with Gasteiger partial charge < -0.3 is 20.2 Å². The summed E-state index contributed by atoms with van der Waals surface area (Å²) in [4.78, 5) is 7.22. The molecule has 4 rings (SSSR count). The molecular weight excluding hydrogens is 439 g/mol. The molecule has 170 valence electrons. The Morgan fingerprint density at radius 1 is 1.28 bits per heavy atom. The van der Waals surface area contributed by atoms with E-state index in [1.54, 1.807) is 25.3 Å². The predicted octanol–water partition coefficient (Wildman–Crippen LogP) is 2.31. The smallest absolute Gasteiger partial charge is 0.247 e. The van der Waals surface area contributed by atoms with Gasteiger partial charge in [-0.3, -0.25) is 0 Å². The van der Waals surface area contributed by atoms with Crippen LogP contribution < -0.4 is 15.2 Å². The lowest BCUT2D eigenvalue weighted by molar-refractivity contribution is 0.308. The van der Waals surface area contributed by atoms with Gasteiger partial charge in [-0.2, -0.15) is 10.1 Å². The Balaban J connectivity index is 1.65. The maximum Gasteiger partial charge on any atom is 0.247 e. The number of nitrogens with two attached hydrogens (primary N) is 1. The van der Waals surface area contributed by atoms with Crippen molar-refractivity contribution in [2.24, 2.45) is 5.73 Å². The lowest BCUT2D eigenvalue weighted by Gasteiger charge is -2.18. The molecule has 3 aromatic heterocycles. The molecule has 10 nitrogen and oxygen atoms in total. The summed E-state index contributed by atoms with van der Waals surface area (Å²) in [6, 6.07) is 4.95. The molecule has 0 radical (unpaired) electrons. The predicted molar refractivity (Wildman–Crippen MR) is 117 cm³/mol. The summed E-state index contributed by atoms with van der Waals surface area (Å²) >= 11 is 0. The van der Waals surface area contributed by atoms with Gasteiger partial charge in [-0.25, -0.2) is 21.6 Å². The van der Waals surface area contributed by atoms with Crippen molar-refractivity contribution in [2.75, 3.05) is 20.7 Å².